The van der Waals surface area contributed by atoms with Gasteiger partial charge >= 0.3 is 0 Å². The summed E-state index contributed by atoms with van der Waals surface area (Å²) in [4.78, 5) is 2.45. The van der Waals surface area contributed by atoms with E-state index in [1.54, 1.807) is 0 Å². The second kappa shape index (κ2) is 10.4. The first kappa shape index (κ1) is 13.3. The fourth-order valence-corrected chi connectivity index (χ4v) is 1.64. The van der Waals surface area contributed by atoms with E-state index < -0.39 is 0 Å². The topological polar surface area (TPSA) is 3.24 Å². The molecule has 0 saturated heterocycles. The van der Waals surface area contributed by atoms with Gasteiger partial charge in [-0.15, -0.1) is 0 Å². The second-order valence-corrected chi connectivity index (χ2v) is 4.24. The largest absolute Gasteiger partial charge is 0.306 e. The highest BCUT2D eigenvalue weighted by Gasteiger charge is 1.96. The maximum absolute atomic E-state index is 4.20. The zero-order chi connectivity index (χ0) is 9.94. The average molecular weight is 203 g/mol. The van der Waals surface area contributed by atoms with Crippen molar-refractivity contribution in [2.45, 2.75) is 45.4 Å². The molecule has 0 N–H and O–H groups in total. The summed E-state index contributed by atoms with van der Waals surface area (Å²) in [7, 11) is 2.23. The van der Waals surface area contributed by atoms with Crippen LogP contribution >= 0.6 is 12.6 Å². The lowest BCUT2D eigenvalue weighted by Gasteiger charge is -2.15. The van der Waals surface area contributed by atoms with Crippen LogP contribution in [0, 0.1) is 0 Å². The zero-order valence-corrected chi connectivity index (χ0v) is 10.2. The highest BCUT2D eigenvalue weighted by molar-refractivity contribution is 7.80. The molecule has 1 nitrogen and oxygen atoms in total. The van der Waals surface area contributed by atoms with Gasteiger partial charge in [0, 0.05) is 0 Å². The van der Waals surface area contributed by atoms with E-state index in [2.05, 4.69) is 31.5 Å². The standard InChI is InChI=1S/C11H25NS/c1-3-4-6-9-12(2)10-7-5-8-11-13/h13H,3-11H2,1-2H3. The quantitative estimate of drug-likeness (QED) is 0.445. The molecule has 0 unspecified atom stereocenters. The van der Waals surface area contributed by atoms with Gasteiger partial charge in [0.25, 0.3) is 0 Å². The van der Waals surface area contributed by atoms with Crippen LogP contribution in [0.3, 0.4) is 0 Å². The van der Waals surface area contributed by atoms with Crippen LogP contribution in [0.25, 0.3) is 0 Å². The normalized spacial score (nSPS) is 11.1. The maximum Gasteiger partial charge on any atom is -0.00218 e. The third kappa shape index (κ3) is 10.2. The van der Waals surface area contributed by atoms with Crippen molar-refractivity contribution in [1.82, 2.24) is 4.90 Å². The highest BCUT2D eigenvalue weighted by Crippen LogP contribution is 2.01. The van der Waals surface area contributed by atoms with Gasteiger partial charge in [-0.2, -0.15) is 12.6 Å². The van der Waals surface area contributed by atoms with E-state index >= 15 is 0 Å². The van der Waals surface area contributed by atoms with Gasteiger partial charge in [0.2, 0.25) is 0 Å². The van der Waals surface area contributed by atoms with E-state index in [0.29, 0.717) is 0 Å². The average Bonchev–Trinajstić information content (AvgIpc) is 2.13. The molecule has 0 aromatic rings. The van der Waals surface area contributed by atoms with E-state index in [4.69, 9.17) is 0 Å². The Balaban J connectivity index is 3.05. The molecule has 80 valence electrons. The summed E-state index contributed by atoms with van der Waals surface area (Å²) >= 11 is 4.20. The van der Waals surface area contributed by atoms with Gasteiger partial charge in [-0.1, -0.05) is 26.2 Å². The smallest absolute Gasteiger partial charge is 0.00218 e. The molecule has 0 atom stereocenters. The number of rotatable bonds is 9. The molecule has 0 aromatic carbocycles. The van der Waals surface area contributed by atoms with Crippen LogP contribution in [0.1, 0.15) is 45.4 Å². The number of nitrogens with zero attached hydrogens (tertiary/aromatic N) is 1. The molecule has 0 radical (unpaired) electrons. The summed E-state index contributed by atoms with van der Waals surface area (Å²) in [5.74, 6) is 1.04. The molecule has 0 spiro atoms. The number of hydrogen-bond donors (Lipinski definition) is 1. The molecule has 0 aliphatic heterocycles. The monoisotopic (exact) mass is 203 g/mol. The van der Waals surface area contributed by atoms with Crippen molar-refractivity contribution in [3.63, 3.8) is 0 Å². The van der Waals surface area contributed by atoms with Crippen LogP contribution in [0.5, 0.6) is 0 Å². The van der Waals surface area contributed by atoms with Crippen molar-refractivity contribution in [2.24, 2.45) is 0 Å². The zero-order valence-electron chi connectivity index (χ0n) is 9.26. The first-order valence-corrected chi connectivity index (χ1v) is 6.24. The van der Waals surface area contributed by atoms with Gasteiger partial charge in [-0.3, -0.25) is 0 Å². The van der Waals surface area contributed by atoms with Crippen molar-refractivity contribution in [3.05, 3.63) is 0 Å². The lowest BCUT2D eigenvalue weighted by atomic mass is 10.2. The SMILES string of the molecule is CCCCCN(C)CCCCCS. The van der Waals surface area contributed by atoms with Crippen molar-refractivity contribution in [2.75, 3.05) is 25.9 Å². The summed E-state index contributed by atoms with van der Waals surface area (Å²) in [6.45, 7) is 4.79. The first-order chi connectivity index (χ1) is 6.31. The van der Waals surface area contributed by atoms with Gasteiger partial charge in [0.1, 0.15) is 0 Å². The first-order valence-electron chi connectivity index (χ1n) is 5.60. The molecule has 0 aromatic heterocycles. The van der Waals surface area contributed by atoms with Gasteiger partial charge < -0.3 is 4.90 Å². The molecule has 0 bridgehead atoms. The summed E-state index contributed by atoms with van der Waals surface area (Å²) in [6, 6.07) is 0. The molecule has 0 amide bonds. The minimum atomic E-state index is 1.04. The summed E-state index contributed by atoms with van der Waals surface area (Å²) in [6.07, 6.45) is 8.00. The predicted molar refractivity (Wildman–Crippen MR) is 64.7 cm³/mol. The Bertz CT molecular complexity index is 96.1. The van der Waals surface area contributed by atoms with Gasteiger partial charge in [0.15, 0.2) is 0 Å². The van der Waals surface area contributed by atoms with Gasteiger partial charge in [-0.05, 0) is 45.2 Å². The summed E-state index contributed by atoms with van der Waals surface area (Å²) in [5, 5.41) is 0. The molecule has 2 heteroatoms. The Morgan fingerprint density at radius 2 is 1.54 bits per heavy atom. The molecule has 0 saturated carbocycles. The Kier molecular flexibility index (Phi) is 10.6. The van der Waals surface area contributed by atoms with E-state index in [1.807, 2.05) is 0 Å². The summed E-state index contributed by atoms with van der Waals surface area (Å²) in [5.41, 5.74) is 0. The van der Waals surface area contributed by atoms with E-state index in [1.165, 1.54) is 51.6 Å². The fourth-order valence-electron chi connectivity index (χ4n) is 1.41. The lowest BCUT2D eigenvalue weighted by molar-refractivity contribution is 0.317. The van der Waals surface area contributed by atoms with Crippen molar-refractivity contribution in [1.29, 1.82) is 0 Å². The minimum Gasteiger partial charge on any atom is -0.306 e. The third-order valence-electron chi connectivity index (χ3n) is 2.34. The second-order valence-electron chi connectivity index (χ2n) is 3.79. The molecule has 13 heavy (non-hydrogen) atoms. The Morgan fingerprint density at radius 3 is 2.08 bits per heavy atom. The van der Waals surface area contributed by atoms with Crippen LogP contribution in [-0.2, 0) is 0 Å². The van der Waals surface area contributed by atoms with Crippen molar-refractivity contribution >= 4 is 12.6 Å². The van der Waals surface area contributed by atoms with Crippen LogP contribution in [-0.4, -0.2) is 30.8 Å². The van der Waals surface area contributed by atoms with Crippen LogP contribution in [0.15, 0.2) is 0 Å². The van der Waals surface area contributed by atoms with E-state index in [0.717, 1.165) is 5.75 Å². The number of hydrogen-bond acceptors (Lipinski definition) is 2. The lowest BCUT2D eigenvalue weighted by Crippen LogP contribution is -2.20. The van der Waals surface area contributed by atoms with Crippen LogP contribution in [0.4, 0.5) is 0 Å². The Labute approximate surface area is 89.3 Å². The highest BCUT2D eigenvalue weighted by atomic mass is 32.1. The Hall–Kier alpha value is 0.310. The van der Waals surface area contributed by atoms with Crippen molar-refractivity contribution in [3.8, 4) is 0 Å². The molecular formula is C11H25NS. The third-order valence-corrected chi connectivity index (χ3v) is 2.66. The number of unbranched alkanes of at least 4 members (excludes halogenated alkanes) is 4. The Morgan fingerprint density at radius 1 is 0.923 bits per heavy atom. The van der Waals surface area contributed by atoms with E-state index in [9.17, 15) is 0 Å². The van der Waals surface area contributed by atoms with Crippen LogP contribution < -0.4 is 0 Å². The van der Waals surface area contributed by atoms with E-state index in [-0.39, 0.29) is 0 Å². The number of thiol groups is 1. The van der Waals surface area contributed by atoms with Crippen molar-refractivity contribution < 1.29 is 0 Å². The molecule has 0 fully saturated rings. The van der Waals surface area contributed by atoms with Gasteiger partial charge in [0.05, 0.1) is 0 Å². The molecule has 0 heterocycles. The van der Waals surface area contributed by atoms with Crippen LogP contribution in [0.2, 0.25) is 0 Å². The van der Waals surface area contributed by atoms with Gasteiger partial charge in [-0.25, -0.2) is 0 Å². The maximum atomic E-state index is 4.20. The molecule has 0 aliphatic rings. The summed E-state index contributed by atoms with van der Waals surface area (Å²) < 4.78 is 0. The predicted octanol–water partition coefficient (Wildman–Crippen LogP) is 3.21. The molecule has 0 aliphatic carbocycles. The molecular weight excluding hydrogens is 178 g/mol. The fraction of sp³-hybridized carbons (Fsp3) is 1.00. The minimum absolute atomic E-state index is 1.04. The molecule has 0 rings (SSSR count).